The third-order valence-corrected chi connectivity index (χ3v) is 5.63. The van der Waals surface area contributed by atoms with Crippen molar-refractivity contribution < 1.29 is 9.53 Å². The van der Waals surface area contributed by atoms with E-state index in [4.69, 9.17) is 4.74 Å². The van der Waals surface area contributed by atoms with Crippen molar-refractivity contribution >= 4 is 11.6 Å². The van der Waals surface area contributed by atoms with Crippen LogP contribution in [0.25, 0.3) is 0 Å². The summed E-state index contributed by atoms with van der Waals surface area (Å²) < 4.78 is 7.03. The van der Waals surface area contributed by atoms with Gasteiger partial charge in [0.05, 0.1) is 13.3 Å². The van der Waals surface area contributed by atoms with E-state index in [2.05, 4.69) is 17.1 Å². The number of nitrogens with one attached hydrogen (secondary N) is 1. The highest BCUT2D eigenvalue weighted by Crippen LogP contribution is 2.19. The number of carbonyl (C=O) groups excluding carboxylic acids is 1. The first-order valence-electron chi connectivity index (χ1n) is 10.2. The Morgan fingerprint density at radius 2 is 1.93 bits per heavy atom. The van der Waals surface area contributed by atoms with Crippen molar-refractivity contribution in [2.45, 2.75) is 46.7 Å². The number of aryl methyl sites for hydroxylation is 2. The summed E-state index contributed by atoms with van der Waals surface area (Å²) in [5.41, 5.74) is 3.67. The van der Waals surface area contributed by atoms with E-state index in [9.17, 15) is 9.59 Å². The van der Waals surface area contributed by atoms with Crippen molar-refractivity contribution in [1.29, 1.82) is 0 Å². The average Bonchev–Trinajstić information content (AvgIpc) is 2.68. The molecule has 156 valence electrons. The largest absolute Gasteiger partial charge is 0.491 e. The lowest BCUT2D eigenvalue weighted by atomic mass is 9.99. The van der Waals surface area contributed by atoms with E-state index in [1.807, 2.05) is 36.6 Å². The molecular formula is C23H31N3O3. The number of amides is 1. The predicted octanol–water partition coefficient (Wildman–Crippen LogP) is 3.34. The number of methoxy groups -OCH3 is 1. The van der Waals surface area contributed by atoms with Crippen LogP contribution in [0, 0.1) is 19.8 Å². The van der Waals surface area contributed by atoms with Gasteiger partial charge >= 0.3 is 0 Å². The number of nitrogens with zero attached hydrogens (tertiary/aromatic N) is 2. The number of hydrogen-bond acceptors (Lipinski definition) is 4. The van der Waals surface area contributed by atoms with Crippen molar-refractivity contribution in [3.05, 3.63) is 57.5 Å². The van der Waals surface area contributed by atoms with E-state index < -0.39 is 0 Å². The Hall–Kier alpha value is -2.60. The summed E-state index contributed by atoms with van der Waals surface area (Å²) >= 11 is 0. The number of pyridine rings is 1. The molecule has 6 heteroatoms. The number of ether oxygens (including phenoxy) is 1. The number of carbonyl (C=O) groups is 1. The summed E-state index contributed by atoms with van der Waals surface area (Å²) in [6, 6.07) is 7.54. The lowest BCUT2D eigenvalue weighted by Crippen LogP contribution is -2.34. The maximum atomic E-state index is 12.7. The Balaban J connectivity index is 1.78. The fraction of sp³-hybridized carbons (Fsp3) is 0.478. The maximum absolute atomic E-state index is 12.7. The molecular weight excluding hydrogens is 366 g/mol. The maximum Gasteiger partial charge on any atom is 0.244 e. The number of rotatable bonds is 6. The number of aromatic nitrogens is 1. The summed E-state index contributed by atoms with van der Waals surface area (Å²) in [5.74, 6) is 0.865. The summed E-state index contributed by atoms with van der Waals surface area (Å²) in [5, 5.41) is 2.98. The molecule has 0 atom stereocenters. The summed E-state index contributed by atoms with van der Waals surface area (Å²) in [6.45, 7) is 9.09. The van der Waals surface area contributed by atoms with Crippen molar-refractivity contribution in [3.63, 3.8) is 0 Å². The number of anilines is 1. The van der Waals surface area contributed by atoms with Crippen LogP contribution < -0.4 is 15.5 Å². The fourth-order valence-electron chi connectivity index (χ4n) is 3.78. The Morgan fingerprint density at radius 1 is 1.21 bits per heavy atom. The molecule has 0 spiro atoms. The number of benzene rings is 1. The second-order valence-corrected chi connectivity index (χ2v) is 8.15. The van der Waals surface area contributed by atoms with Gasteiger partial charge in [0.25, 0.3) is 0 Å². The van der Waals surface area contributed by atoms with E-state index in [-0.39, 0.29) is 23.6 Å². The van der Waals surface area contributed by atoms with Crippen LogP contribution in [0.5, 0.6) is 5.75 Å². The predicted molar refractivity (Wildman–Crippen MR) is 115 cm³/mol. The topological polar surface area (TPSA) is 63.6 Å². The SMILES string of the molecule is COc1cn(CC(=O)Nc2ccc(C)cc2C)c(CN2CCC(C)CC2)cc1=O. The van der Waals surface area contributed by atoms with Crippen LogP contribution in [0.1, 0.15) is 36.6 Å². The summed E-state index contributed by atoms with van der Waals surface area (Å²) in [4.78, 5) is 27.4. The number of piperidine rings is 1. The van der Waals surface area contributed by atoms with Gasteiger partial charge in [0.1, 0.15) is 6.54 Å². The van der Waals surface area contributed by atoms with Crippen molar-refractivity contribution in [3.8, 4) is 5.75 Å². The van der Waals surface area contributed by atoms with Crippen molar-refractivity contribution in [1.82, 2.24) is 9.47 Å². The van der Waals surface area contributed by atoms with Crippen LogP contribution in [-0.2, 0) is 17.9 Å². The molecule has 3 rings (SSSR count). The molecule has 2 aromatic rings. The van der Waals surface area contributed by atoms with Gasteiger partial charge in [-0.1, -0.05) is 24.6 Å². The highest BCUT2D eigenvalue weighted by Gasteiger charge is 2.18. The second-order valence-electron chi connectivity index (χ2n) is 8.15. The highest BCUT2D eigenvalue weighted by molar-refractivity contribution is 5.91. The van der Waals surface area contributed by atoms with Gasteiger partial charge in [-0.2, -0.15) is 0 Å². The molecule has 29 heavy (non-hydrogen) atoms. The van der Waals surface area contributed by atoms with Crippen LogP contribution in [0.15, 0.2) is 35.3 Å². The molecule has 0 aliphatic carbocycles. The van der Waals surface area contributed by atoms with Crippen molar-refractivity contribution in [2.24, 2.45) is 5.92 Å². The lowest BCUT2D eigenvalue weighted by Gasteiger charge is -2.31. The molecule has 1 N–H and O–H groups in total. The molecule has 0 radical (unpaired) electrons. The Morgan fingerprint density at radius 3 is 2.59 bits per heavy atom. The Bertz CT molecular complexity index is 927. The molecule has 2 heterocycles. The van der Waals surface area contributed by atoms with E-state index in [1.54, 1.807) is 12.3 Å². The van der Waals surface area contributed by atoms with Gasteiger partial charge in [-0.15, -0.1) is 0 Å². The van der Waals surface area contributed by atoms with E-state index in [0.29, 0.717) is 6.54 Å². The minimum absolute atomic E-state index is 0.129. The average molecular weight is 398 g/mol. The Labute approximate surface area is 172 Å². The van der Waals surface area contributed by atoms with E-state index >= 15 is 0 Å². The smallest absolute Gasteiger partial charge is 0.244 e. The molecule has 1 aliphatic heterocycles. The number of likely N-dealkylation sites (tertiary alicyclic amines) is 1. The fourth-order valence-corrected chi connectivity index (χ4v) is 3.78. The first kappa shape index (κ1) is 21.1. The zero-order valence-electron chi connectivity index (χ0n) is 17.8. The van der Waals surface area contributed by atoms with E-state index in [1.165, 1.54) is 7.11 Å². The zero-order chi connectivity index (χ0) is 21.0. The van der Waals surface area contributed by atoms with Gasteiger partial charge in [-0.05, 0) is 57.3 Å². The molecule has 1 fully saturated rings. The standard InChI is InChI=1S/C23H31N3O3/c1-16-7-9-25(10-8-16)13-19-12-21(27)22(29-4)14-26(19)15-23(28)24-20-6-5-17(2)11-18(20)3/h5-6,11-12,14,16H,7-10,13,15H2,1-4H3,(H,24,28). The van der Waals surface area contributed by atoms with Crippen LogP contribution in [0.3, 0.4) is 0 Å². The van der Waals surface area contributed by atoms with E-state index in [0.717, 1.165) is 54.4 Å². The normalized spacial score (nSPS) is 15.3. The second kappa shape index (κ2) is 9.27. The van der Waals surface area contributed by atoms with Gasteiger partial charge in [-0.25, -0.2) is 0 Å². The van der Waals surface area contributed by atoms with Crippen LogP contribution in [0.2, 0.25) is 0 Å². The van der Waals surface area contributed by atoms with Crippen LogP contribution in [0.4, 0.5) is 5.69 Å². The van der Waals surface area contributed by atoms with Crippen LogP contribution in [-0.4, -0.2) is 35.6 Å². The summed E-state index contributed by atoms with van der Waals surface area (Å²) in [6.07, 6.45) is 3.97. The third kappa shape index (κ3) is 5.48. The van der Waals surface area contributed by atoms with Gasteiger partial charge in [0, 0.05) is 24.0 Å². The molecule has 1 amide bonds. The first-order chi connectivity index (χ1) is 13.9. The molecule has 1 saturated heterocycles. The minimum atomic E-state index is -0.154. The van der Waals surface area contributed by atoms with Gasteiger partial charge < -0.3 is 14.6 Å². The minimum Gasteiger partial charge on any atom is -0.491 e. The summed E-state index contributed by atoms with van der Waals surface area (Å²) in [7, 11) is 1.47. The Kier molecular flexibility index (Phi) is 6.75. The first-order valence-corrected chi connectivity index (χ1v) is 10.2. The van der Waals surface area contributed by atoms with Crippen molar-refractivity contribution in [2.75, 3.05) is 25.5 Å². The van der Waals surface area contributed by atoms with Gasteiger partial charge in [0.2, 0.25) is 11.3 Å². The molecule has 0 bridgehead atoms. The molecule has 1 aromatic carbocycles. The molecule has 1 aliphatic rings. The van der Waals surface area contributed by atoms with Crippen LogP contribution >= 0.6 is 0 Å². The molecule has 6 nitrogen and oxygen atoms in total. The monoisotopic (exact) mass is 397 g/mol. The lowest BCUT2D eigenvalue weighted by molar-refractivity contribution is -0.116. The van der Waals surface area contributed by atoms with Gasteiger partial charge in [0.15, 0.2) is 5.75 Å². The molecule has 0 saturated carbocycles. The molecule has 1 aromatic heterocycles. The number of hydrogen-bond donors (Lipinski definition) is 1. The third-order valence-electron chi connectivity index (χ3n) is 5.63. The highest BCUT2D eigenvalue weighted by atomic mass is 16.5. The zero-order valence-corrected chi connectivity index (χ0v) is 17.8. The quantitative estimate of drug-likeness (QED) is 0.812. The molecule has 0 unspecified atom stereocenters. The van der Waals surface area contributed by atoms with Gasteiger partial charge in [-0.3, -0.25) is 14.5 Å².